The fraction of sp³-hybridized carbons (Fsp3) is 0.625. The first kappa shape index (κ1) is 13.8. The van der Waals surface area contributed by atoms with Gasteiger partial charge < -0.3 is 14.8 Å². The van der Waals surface area contributed by atoms with Gasteiger partial charge in [-0.1, -0.05) is 6.92 Å². The van der Waals surface area contributed by atoms with Crippen LogP contribution < -0.4 is 10.1 Å². The average molecular weight is 279 g/mol. The smallest absolute Gasteiger partial charge is 0.127 e. The third-order valence-electron chi connectivity index (χ3n) is 4.11. The first-order valence-corrected chi connectivity index (χ1v) is 7.59. The number of nitrogens with one attached hydrogen (secondary N) is 1. The predicted octanol–water partition coefficient (Wildman–Crippen LogP) is 3.20. The van der Waals surface area contributed by atoms with Crippen LogP contribution in [0.4, 0.5) is 4.39 Å². The zero-order chi connectivity index (χ0) is 13.9. The lowest BCUT2D eigenvalue weighted by molar-refractivity contribution is -0.00453. The Morgan fingerprint density at radius 2 is 2.25 bits per heavy atom. The molecule has 2 heterocycles. The van der Waals surface area contributed by atoms with E-state index in [2.05, 4.69) is 12.2 Å². The van der Waals surface area contributed by atoms with Gasteiger partial charge in [-0.05, 0) is 44.0 Å². The van der Waals surface area contributed by atoms with Crippen LogP contribution in [0.5, 0.6) is 5.75 Å². The zero-order valence-corrected chi connectivity index (χ0v) is 11.9. The van der Waals surface area contributed by atoms with Crippen molar-refractivity contribution in [1.82, 2.24) is 5.32 Å². The van der Waals surface area contributed by atoms with E-state index in [0.29, 0.717) is 0 Å². The molecule has 1 aromatic rings. The van der Waals surface area contributed by atoms with Gasteiger partial charge in [-0.2, -0.15) is 0 Å². The summed E-state index contributed by atoms with van der Waals surface area (Å²) in [6.07, 6.45) is 4.33. The molecule has 0 aliphatic carbocycles. The van der Waals surface area contributed by atoms with Crippen molar-refractivity contribution < 1.29 is 13.9 Å². The van der Waals surface area contributed by atoms with E-state index >= 15 is 0 Å². The maximum Gasteiger partial charge on any atom is 0.127 e. The number of rotatable bonds is 4. The molecular weight excluding hydrogens is 257 g/mol. The molecular formula is C16H22FNO2. The zero-order valence-electron chi connectivity index (χ0n) is 11.9. The molecule has 3 nitrogen and oxygen atoms in total. The SMILES string of the molecule is CCCNC1CC(C2CCCO2)Oc2ccc(F)cc21. The van der Waals surface area contributed by atoms with Gasteiger partial charge >= 0.3 is 0 Å². The molecule has 2 aliphatic rings. The minimum Gasteiger partial charge on any atom is -0.487 e. The highest BCUT2D eigenvalue weighted by atomic mass is 19.1. The van der Waals surface area contributed by atoms with Crippen molar-refractivity contribution in [2.24, 2.45) is 0 Å². The maximum absolute atomic E-state index is 13.5. The third kappa shape index (κ3) is 2.81. The van der Waals surface area contributed by atoms with Crippen LogP contribution in [0.1, 0.15) is 44.2 Å². The van der Waals surface area contributed by atoms with Gasteiger partial charge in [-0.3, -0.25) is 0 Å². The summed E-state index contributed by atoms with van der Waals surface area (Å²) >= 11 is 0. The van der Waals surface area contributed by atoms with Gasteiger partial charge in [0.25, 0.3) is 0 Å². The number of halogens is 1. The molecule has 3 atom stereocenters. The van der Waals surface area contributed by atoms with Crippen molar-refractivity contribution in [3.05, 3.63) is 29.6 Å². The van der Waals surface area contributed by atoms with Crippen molar-refractivity contribution in [3.8, 4) is 5.75 Å². The lowest BCUT2D eigenvalue weighted by atomic mass is 9.93. The molecule has 20 heavy (non-hydrogen) atoms. The summed E-state index contributed by atoms with van der Waals surface area (Å²) in [6, 6.07) is 4.96. The highest BCUT2D eigenvalue weighted by molar-refractivity contribution is 5.38. The Morgan fingerprint density at radius 3 is 3.00 bits per heavy atom. The second kappa shape index (κ2) is 6.10. The van der Waals surface area contributed by atoms with Gasteiger partial charge in [0.15, 0.2) is 0 Å². The molecule has 4 heteroatoms. The lowest BCUT2D eigenvalue weighted by Crippen LogP contribution is -2.40. The normalized spacial score (nSPS) is 29.0. The third-order valence-corrected chi connectivity index (χ3v) is 4.11. The van der Waals surface area contributed by atoms with Crippen LogP contribution in [-0.2, 0) is 4.74 Å². The molecule has 3 unspecified atom stereocenters. The summed E-state index contributed by atoms with van der Waals surface area (Å²) in [4.78, 5) is 0. The van der Waals surface area contributed by atoms with Crippen LogP contribution in [0.25, 0.3) is 0 Å². The van der Waals surface area contributed by atoms with Crippen LogP contribution >= 0.6 is 0 Å². The standard InChI is InChI=1S/C16H22FNO2/c1-2-7-18-13-10-16(15-4-3-8-19-15)20-14-6-5-11(17)9-12(13)14/h5-6,9,13,15-16,18H,2-4,7-8,10H2,1H3. The molecule has 0 aromatic heterocycles. The largest absolute Gasteiger partial charge is 0.487 e. The fourth-order valence-electron chi connectivity index (χ4n) is 3.10. The number of fused-ring (bicyclic) bond motifs is 1. The van der Waals surface area contributed by atoms with Crippen LogP contribution in [0.2, 0.25) is 0 Å². The van der Waals surface area contributed by atoms with Gasteiger partial charge in [0.1, 0.15) is 17.7 Å². The quantitative estimate of drug-likeness (QED) is 0.918. The fourth-order valence-corrected chi connectivity index (χ4v) is 3.10. The number of hydrogen-bond acceptors (Lipinski definition) is 3. The topological polar surface area (TPSA) is 30.5 Å². The maximum atomic E-state index is 13.5. The molecule has 1 N–H and O–H groups in total. The second-order valence-electron chi connectivity index (χ2n) is 5.63. The summed E-state index contributed by atoms with van der Waals surface area (Å²) in [5, 5.41) is 3.51. The first-order valence-electron chi connectivity index (χ1n) is 7.59. The summed E-state index contributed by atoms with van der Waals surface area (Å²) in [5.41, 5.74) is 0.938. The molecule has 0 amide bonds. The van der Waals surface area contributed by atoms with Crippen LogP contribution in [0.15, 0.2) is 18.2 Å². The van der Waals surface area contributed by atoms with E-state index in [1.165, 1.54) is 6.07 Å². The van der Waals surface area contributed by atoms with Gasteiger partial charge in [-0.25, -0.2) is 4.39 Å². The minimum absolute atomic E-state index is 0.0739. The first-order chi connectivity index (χ1) is 9.78. The van der Waals surface area contributed by atoms with E-state index < -0.39 is 0 Å². The molecule has 0 bridgehead atoms. The molecule has 110 valence electrons. The van der Waals surface area contributed by atoms with Crippen molar-refractivity contribution in [3.63, 3.8) is 0 Å². The summed E-state index contributed by atoms with van der Waals surface area (Å²) in [5.74, 6) is 0.595. The van der Waals surface area contributed by atoms with Crippen LogP contribution in [-0.4, -0.2) is 25.4 Å². The van der Waals surface area contributed by atoms with E-state index in [1.807, 2.05) is 0 Å². The van der Waals surface area contributed by atoms with Gasteiger partial charge in [0, 0.05) is 24.6 Å². The molecule has 2 aliphatic heterocycles. The summed E-state index contributed by atoms with van der Waals surface area (Å²) in [7, 11) is 0. The molecule has 1 fully saturated rings. The van der Waals surface area contributed by atoms with Crippen LogP contribution in [0.3, 0.4) is 0 Å². The van der Waals surface area contributed by atoms with E-state index in [4.69, 9.17) is 9.47 Å². The average Bonchev–Trinajstić information content (AvgIpc) is 2.99. The molecule has 0 saturated carbocycles. The Bertz CT molecular complexity index is 460. The molecule has 0 radical (unpaired) electrons. The van der Waals surface area contributed by atoms with Crippen molar-refractivity contribution in [1.29, 1.82) is 0 Å². The second-order valence-corrected chi connectivity index (χ2v) is 5.63. The summed E-state index contributed by atoms with van der Waals surface area (Å²) in [6.45, 7) is 3.89. The number of benzene rings is 1. The van der Waals surface area contributed by atoms with E-state index in [9.17, 15) is 4.39 Å². The molecule has 1 saturated heterocycles. The Labute approximate surface area is 119 Å². The van der Waals surface area contributed by atoms with E-state index in [0.717, 1.165) is 50.1 Å². The van der Waals surface area contributed by atoms with E-state index in [-0.39, 0.29) is 24.1 Å². The Balaban J connectivity index is 1.82. The predicted molar refractivity (Wildman–Crippen MR) is 75.4 cm³/mol. The van der Waals surface area contributed by atoms with Crippen LogP contribution in [0, 0.1) is 5.82 Å². The highest BCUT2D eigenvalue weighted by Crippen LogP contribution is 2.38. The lowest BCUT2D eigenvalue weighted by Gasteiger charge is -2.35. The number of hydrogen-bond donors (Lipinski definition) is 1. The van der Waals surface area contributed by atoms with Crippen molar-refractivity contribution in [2.75, 3.05) is 13.2 Å². The minimum atomic E-state index is -0.203. The Kier molecular flexibility index (Phi) is 4.22. The monoisotopic (exact) mass is 279 g/mol. The van der Waals surface area contributed by atoms with E-state index in [1.54, 1.807) is 12.1 Å². The van der Waals surface area contributed by atoms with Gasteiger partial charge in [-0.15, -0.1) is 0 Å². The Morgan fingerprint density at radius 1 is 1.35 bits per heavy atom. The Hall–Kier alpha value is -1.13. The van der Waals surface area contributed by atoms with Crippen molar-refractivity contribution >= 4 is 0 Å². The molecule has 0 spiro atoms. The molecule has 1 aromatic carbocycles. The van der Waals surface area contributed by atoms with Gasteiger partial charge in [0.2, 0.25) is 0 Å². The number of ether oxygens (including phenoxy) is 2. The van der Waals surface area contributed by atoms with Gasteiger partial charge in [0.05, 0.1) is 6.10 Å². The molecule has 3 rings (SSSR count). The van der Waals surface area contributed by atoms with Crippen molar-refractivity contribution in [2.45, 2.75) is 50.9 Å². The highest BCUT2D eigenvalue weighted by Gasteiger charge is 2.35. The summed E-state index contributed by atoms with van der Waals surface area (Å²) < 4.78 is 25.3.